The molecule has 0 spiro atoms. The van der Waals surface area contributed by atoms with E-state index in [4.69, 9.17) is 0 Å². The van der Waals surface area contributed by atoms with Crippen molar-refractivity contribution in [3.8, 4) is 0 Å². The van der Waals surface area contributed by atoms with Crippen LogP contribution in [0.3, 0.4) is 0 Å². The fourth-order valence-electron chi connectivity index (χ4n) is 1.54. The molecule has 1 aromatic rings. The van der Waals surface area contributed by atoms with E-state index in [1.165, 1.54) is 30.6 Å². The summed E-state index contributed by atoms with van der Waals surface area (Å²) in [4.78, 5) is 0. The zero-order valence-electron chi connectivity index (χ0n) is 9.51. The standard InChI is InChI=1S/C11H21N3/c1-4-6-7-8-12-11-9-13-14(5-2)10(11)3/h9,12H,4-8H2,1-3H3. The molecule has 0 amide bonds. The van der Waals surface area contributed by atoms with E-state index in [1.807, 2.05) is 10.9 Å². The lowest BCUT2D eigenvalue weighted by molar-refractivity contribution is 0.640. The second kappa shape index (κ2) is 5.68. The summed E-state index contributed by atoms with van der Waals surface area (Å²) in [5, 5.41) is 7.71. The van der Waals surface area contributed by atoms with Gasteiger partial charge in [-0.3, -0.25) is 4.68 Å². The molecule has 3 heteroatoms. The highest BCUT2D eigenvalue weighted by atomic mass is 15.3. The minimum absolute atomic E-state index is 0.947. The highest BCUT2D eigenvalue weighted by molar-refractivity contribution is 5.45. The highest BCUT2D eigenvalue weighted by Gasteiger charge is 2.02. The quantitative estimate of drug-likeness (QED) is 0.707. The first-order valence-electron chi connectivity index (χ1n) is 5.55. The Bertz CT molecular complexity index is 265. The molecule has 0 atom stereocenters. The van der Waals surface area contributed by atoms with Gasteiger partial charge in [-0.2, -0.15) is 5.10 Å². The molecule has 1 rings (SSSR count). The molecule has 0 radical (unpaired) electrons. The third kappa shape index (κ3) is 2.76. The molecule has 0 aliphatic carbocycles. The molecular weight excluding hydrogens is 174 g/mol. The maximum Gasteiger partial charge on any atom is 0.0756 e. The summed E-state index contributed by atoms with van der Waals surface area (Å²) in [5.41, 5.74) is 2.42. The normalized spacial score (nSPS) is 10.5. The molecule has 0 aromatic carbocycles. The lowest BCUT2D eigenvalue weighted by atomic mass is 10.2. The molecule has 80 valence electrons. The van der Waals surface area contributed by atoms with Gasteiger partial charge in [0.25, 0.3) is 0 Å². The SMILES string of the molecule is CCCCCNc1cnn(CC)c1C. The molecule has 1 N–H and O–H groups in total. The average molecular weight is 195 g/mol. The molecule has 0 saturated heterocycles. The largest absolute Gasteiger partial charge is 0.382 e. The molecule has 0 unspecified atom stereocenters. The molecule has 1 aromatic heterocycles. The van der Waals surface area contributed by atoms with Gasteiger partial charge in [0.1, 0.15) is 0 Å². The molecule has 0 aliphatic heterocycles. The van der Waals surface area contributed by atoms with Crippen molar-refractivity contribution in [3.05, 3.63) is 11.9 Å². The summed E-state index contributed by atoms with van der Waals surface area (Å²) in [6, 6.07) is 0. The van der Waals surface area contributed by atoms with E-state index in [0.717, 1.165) is 13.1 Å². The van der Waals surface area contributed by atoms with Crippen LogP contribution in [0.2, 0.25) is 0 Å². The van der Waals surface area contributed by atoms with Gasteiger partial charge in [0.2, 0.25) is 0 Å². The van der Waals surface area contributed by atoms with Crippen molar-refractivity contribution < 1.29 is 0 Å². The predicted molar refractivity (Wildman–Crippen MR) is 60.7 cm³/mol. The lowest BCUT2D eigenvalue weighted by Crippen LogP contribution is -2.03. The Morgan fingerprint density at radius 2 is 2.14 bits per heavy atom. The van der Waals surface area contributed by atoms with Crippen molar-refractivity contribution in [2.75, 3.05) is 11.9 Å². The van der Waals surface area contributed by atoms with Gasteiger partial charge in [-0.05, 0) is 20.3 Å². The van der Waals surface area contributed by atoms with Gasteiger partial charge < -0.3 is 5.32 Å². The zero-order chi connectivity index (χ0) is 10.4. The van der Waals surface area contributed by atoms with Crippen LogP contribution in [0.5, 0.6) is 0 Å². The fraction of sp³-hybridized carbons (Fsp3) is 0.727. The monoisotopic (exact) mass is 195 g/mol. The molecule has 0 bridgehead atoms. The van der Waals surface area contributed by atoms with Crippen molar-refractivity contribution >= 4 is 5.69 Å². The van der Waals surface area contributed by atoms with Crippen molar-refractivity contribution in [2.24, 2.45) is 0 Å². The Labute approximate surface area is 86.5 Å². The van der Waals surface area contributed by atoms with E-state index < -0.39 is 0 Å². The van der Waals surface area contributed by atoms with Crippen molar-refractivity contribution in [1.29, 1.82) is 0 Å². The smallest absolute Gasteiger partial charge is 0.0756 e. The van der Waals surface area contributed by atoms with Crippen LogP contribution in [0.1, 0.15) is 38.8 Å². The maximum atomic E-state index is 4.29. The average Bonchev–Trinajstić information content (AvgIpc) is 2.55. The summed E-state index contributed by atoms with van der Waals surface area (Å²) in [6.45, 7) is 8.45. The summed E-state index contributed by atoms with van der Waals surface area (Å²) < 4.78 is 2.02. The summed E-state index contributed by atoms with van der Waals surface area (Å²) in [5.74, 6) is 0. The number of anilines is 1. The van der Waals surface area contributed by atoms with Crippen LogP contribution >= 0.6 is 0 Å². The number of unbranched alkanes of at least 4 members (excludes halogenated alkanes) is 2. The van der Waals surface area contributed by atoms with Gasteiger partial charge >= 0.3 is 0 Å². The van der Waals surface area contributed by atoms with Crippen molar-refractivity contribution in [1.82, 2.24) is 9.78 Å². The minimum atomic E-state index is 0.947. The first-order chi connectivity index (χ1) is 6.79. The number of aromatic nitrogens is 2. The Morgan fingerprint density at radius 3 is 2.71 bits per heavy atom. The van der Waals surface area contributed by atoms with E-state index in [-0.39, 0.29) is 0 Å². The Hall–Kier alpha value is -0.990. The van der Waals surface area contributed by atoms with Crippen LogP contribution < -0.4 is 5.32 Å². The number of aryl methyl sites for hydroxylation is 1. The molecule has 1 heterocycles. The van der Waals surface area contributed by atoms with E-state index in [0.29, 0.717) is 0 Å². The van der Waals surface area contributed by atoms with Crippen LogP contribution in [-0.4, -0.2) is 16.3 Å². The molecule has 0 aliphatic rings. The molecule has 0 fully saturated rings. The third-order valence-electron chi connectivity index (χ3n) is 2.50. The Balaban J connectivity index is 2.39. The van der Waals surface area contributed by atoms with Gasteiger partial charge in [0.15, 0.2) is 0 Å². The molecule has 3 nitrogen and oxygen atoms in total. The van der Waals surface area contributed by atoms with Gasteiger partial charge in [-0.25, -0.2) is 0 Å². The van der Waals surface area contributed by atoms with Gasteiger partial charge in [0.05, 0.1) is 17.6 Å². The predicted octanol–water partition coefficient (Wildman–Crippen LogP) is 2.81. The first kappa shape index (κ1) is 11.1. The first-order valence-corrected chi connectivity index (χ1v) is 5.55. The van der Waals surface area contributed by atoms with E-state index in [1.54, 1.807) is 0 Å². The number of hydrogen-bond acceptors (Lipinski definition) is 2. The van der Waals surface area contributed by atoms with Crippen LogP contribution in [0.25, 0.3) is 0 Å². The molecular formula is C11H21N3. The maximum absolute atomic E-state index is 4.29. The second-order valence-corrected chi connectivity index (χ2v) is 3.59. The summed E-state index contributed by atoms with van der Waals surface area (Å²) in [7, 11) is 0. The highest BCUT2D eigenvalue weighted by Crippen LogP contribution is 2.13. The lowest BCUT2D eigenvalue weighted by Gasteiger charge is -2.05. The molecule has 0 saturated carbocycles. The Kier molecular flexibility index (Phi) is 4.50. The van der Waals surface area contributed by atoms with Crippen LogP contribution in [0.4, 0.5) is 5.69 Å². The van der Waals surface area contributed by atoms with E-state index in [2.05, 4.69) is 31.2 Å². The van der Waals surface area contributed by atoms with Gasteiger partial charge in [-0.15, -0.1) is 0 Å². The van der Waals surface area contributed by atoms with E-state index >= 15 is 0 Å². The minimum Gasteiger partial charge on any atom is -0.382 e. The number of nitrogens with zero attached hydrogens (tertiary/aromatic N) is 2. The van der Waals surface area contributed by atoms with Crippen LogP contribution in [-0.2, 0) is 6.54 Å². The van der Waals surface area contributed by atoms with Crippen LogP contribution in [0, 0.1) is 6.92 Å². The third-order valence-corrected chi connectivity index (χ3v) is 2.50. The zero-order valence-corrected chi connectivity index (χ0v) is 9.51. The number of nitrogens with one attached hydrogen (secondary N) is 1. The second-order valence-electron chi connectivity index (χ2n) is 3.59. The molecule has 14 heavy (non-hydrogen) atoms. The Morgan fingerprint density at radius 1 is 1.36 bits per heavy atom. The van der Waals surface area contributed by atoms with Gasteiger partial charge in [-0.1, -0.05) is 19.8 Å². The summed E-state index contributed by atoms with van der Waals surface area (Å²) >= 11 is 0. The number of rotatable bonds is 6. The van der Waals surface area contributed by atoms with Gasteiger partial charge in [0, 0.05) is 13.1 Å². The number of hydrogen-bond donors (Lipinski definition) is 1. The van der Waals surface area contributed by atoms with Crippen molar-refractivity contribution in [3.63, 3.8) is 0 Å². The fourth-order valence-corrected chi connectivity index (χ4v) is 1.54. The van der Waals surface area contributed by atoms with Crippen LogP contribution in [0.15, 0.2) is 6.20 Å². The van der Waals surface area contributed by atoms with Crippen molar-refractivity contribution in [2.45, 2.75) is 46.6 Å². The van der Waals surface area contributed by atoms with E-state index in [9.17, 15) is 0 Å². The summed E-state index contributed by atoms with van der Waals surface area (Å²) in [6.07, 6.45) is 5.74. The topological polar surface area (TPSA) is 29.9 Å².